The van der Waals surface area contributed by atoms with Crippen LogP contribution in [0.2, 0.25) is 0 Å². The fourth-order valence-electron chi connectivity index (χ4n) is 1.92. The monoisotopic (exact) mass is 290 g/mol. The molecule has 1 aromatic rings. The first-order valence-corrected chi connectivity index (χ1v) is 7.61. The minimum Gasteiger partial charge on any atom is -0.352 e. The number of nitrogens with one attached hydrogen (secondary N) is 2. The molecule has 0 aliphatic heterocycles. The zero-order valence-electron chi connectivity index (χ0n) is 13.4. The molecule has 1 atom stereocenters. The van der Waals surface area contributed by atoms with E-state index in [-0.39, 0.29) is 23.7 Å². The second kappa shape index (κ2) is 8.45. The summed E-state index contributed by atoms with van der Waals surface area (Å²) in [5, 5.41) is 5.78. The number of amides is 2. The lowest BCUT2D eigenvalue weighted by atomic mass is 10.1. The topological polar surface area (TPSA) is 58.2 Å². The molecule has 1 aromatic carbocycles. The lowest BCUT2D eigenvalue weighted by molar-refractivity contribution is -0.124. The van der Waals surface area contributed by atoms with Crippen molar-refractivity contribution >= 4 is 17.5 Å². The first kappa shape index (κ1) is 17.2. The first-order chi connectivity index (χ1) is 9.93. The summed E-state index contributed by atoms with van der Waals surface area (Å²) in [7, 11) is 0. The standard InChI is InChI=1S/C17H26N2O2/c1-5-6-13(4)17(21)18-11-14-7-9-15(10-8-14)19-16(20)12(2)3/h7-10,12-13H,5-6,11H2,1-4H3,(H,18,21)(H,19,20). The summed E-state index contributed by atoms with van der Waals surface area (Å²) in [4.78, 5) is 23.4. The molecular weight excluding hydrogens is 264 g/mol. The molecule has 0 bridgehead atoms. The van der Waals surface area contributed by atoms with Gasteiger partial charge in [-0.25, -0.2) is 0 Å². The van der Waals surface area contributed by atoms with Gasteiger partial charge in [0.1, 0.15) is 0 Å². The fraction of sp³-hybridized carbons (Fsp3) is 0.529. The summed E-state index contributed by atoms with van der Waals surface area (Å²) in [5.41, 5.74) is 1.80. The molecule has 0 aliphatic carbocycles. The van der Waals surface area contributed by atoms with E-state index < -0.39 is 0 Å². The molecular formula is C17H26N2O2. The number of hydrogen-bond donors (Lipinski definition) is 2. The van der Waals surface area contributed by atoms with Crippen LogP contribution in [0.3, 0.4) is 0 Å². The normalized spacial score (nSPS) is 12.0. The quantitative estimate of drug-likeness (QED) is 0.809. The van der Waals surface area contributed by atoms with Crippen molar-refractivity contribution in [2.45, 2.75) is 47.1 Å². The Hall–Kier alpha value is -1.84. The van der Waals surface area contributed by atoms with Crippen LogP contribution < -0.4 is 10.6 Å². The van der Waals surface area contributed by atoms with Gasteiger partial charge in [-0.1, -0.05) is 46.2 Å². The molecule has 0 aliphatic rings. The lowest BCUT2D eigenvalue weighted by Crippen LogP contribution is -2.28. The van der Waals surface area contributed by atoms with Crippen LogP contribution in [-0.4, -0.2) is 11.8 Å². The van der Waals surface area contributed by atoms with Crippen molar-refractivity contribution in [1.29, 1.82) is 0 Å². The number of anilines is 1. The van der Waals surface area contributed by atoms with E-state index in [9.17, 15) is 9.59 Å². The summed E-state index contributed by atoms with van der Waals surface area (Å²) in [6.45, 7) is 8.26. The van der Waals surface area contributed by atoms with Crippen LogP contribution in [0.4, 0.5) is 5.69 Å². The third-order valence-corrected chi connectivity index (χ3v) is 3.38. The number of rotatable bonds is 7. The van der Waals surface area contributed by atoms with Crippen LogP contribution in [0.5, 0.6) is 0 Å². The number of benzene rings is 1. The van der Waals surface area contributed by atoms with Gasteiger partial charge in [-0.05, 0) is 24.1 Å². The van der Waals surface area contributed by atoms with Gasteiger partial charge in [0.15, 0.2) is 0 Å². The number of carbonyl (C=O) groups excluding carboxylic acids is 2. The van der Waals surface area contributed by atoms with Crippen LogP contribution in [0.1, 0.15) is 46.1 Å². The van der Waals surface area contributed by atoms with Crippen LogP contribution in [0.15, 0.2) is 24.3 Å². The van der Waals surface area contributed by atoms with Gasteiger partial charge in [0.2, 0.25) is 11.8 Å². The second-order valence-electron chi connectivity index (χ2n) is 5.75. The summed E-state index contributed by atoms with van der Waals surface area (Å²) in [5.74, 6) is 0.113. The molecule has 0 fully saturated rings. The summed E-state index contributed by atoms with van der Waals surface area (Å²) in [6.07, 6.45) is 1.92. The van der Waals surface area contributed by atoms with E-state index >= 15 is 0 Å². The highest BCUT2D eigenvalue weighted by atomic mass is 16.2. The Morgan fingerprint density at radius 1 is 1.05 bits per heavy atom. The Morgan fingerprint density at radius 2 is 1.67 bits per heavy atom. The van der Waals surface area contributed by atoms with Gasteiger partial charge in [-0.15, -0.1) is 0 Å². The SMILES string of the molecule is CCCC(C)C(=O)NCc1ccc(NC(=O)C(C)C)cc1. The van der Waals surface area contributed by atoms with E-state index in [2.05, 4.69) is 17.6 Å². The van der Waals surface area contributed by atoms with Gasteiger partial charge in [0, 0.05) is 24.1 Å². The van der Waals surface area contributed by atoms with Crippen molar-refractivity contribution < 1.29 is 9.59 Å². The Labute approximate surface area is 127 Å². The van der Waals surface area contributed by atoms with E-state index in [0.717, 1.165) is 24.1 Å². The van der Waals surface area contributed by atoms with E-state index in [1.165, 1.54) is 0 Å². The fourth-order valence-corrected chi connectivity index (χ4v) is 1.92. The van der Waals surface area contributed by atoms with Crippen molar-refractivity contribution in [3.8, 4) is 0 Å². The zero-order valence-corrected chi connectivity index (χ0v) is 13.4. The predicted octanol–water partition coefficient (Wildman–Crippen LogP) is 3.33. The third kappa shape index (κ3) is 5.98. The summed E-state index contributed by atoms with van der Waals surface area (Å²) < 4.78 is 0. The minimum absolute atomic E-state index is 0.00411. The van der Waals surface area contributed by atoms with Crippen LogP contribution >= 0.6 is 0 Å². The Balaban J connectivity index is 2.48. The molecule has 0 saturated carbocycles. The smallest absolute Gasteiger partial charge is 0.226 e. The molecule has 21 heavy (non-hydrogen) atoms. The van der Waals surface area contributed by atoms with Gasteiger partial charge < -0.3 is 10.6 Å². The highest BCUT2D eigenvalue weighted by Gasteiger charge is 2.11. The predicted molar refractivity (Wildman–Crippen MR) is 85.8 cm³/mol. The largest absolute Gasteiger partial charge is 0.352 e. The maximum absolute atomic E-state index is 11.8. The van der Waals surface area contributed by atoms with Crippen molar-refractivity contribution in [3.05, 3.63) is 29.8 Å². The highest BCUT2D eigenvalue weighted by Crippen LogP contribution is 2.11. The Kier molecular flexibility index (Phi) is 6.92. The van der Waals surface area contributed by atoms with E-state index in [1.807, 2.05) is 45.0 Å². The van der Waals surface area contributed by atoms with Gasteiger partial charge in [0.05, 0.1) is 0 Å². The third-order valence-electron chi connectivity index (χ3n) is 3.38. The molecule has 0 radical (unpaired) electrons. The molecule has 2 N–H and O–H groups in total. The van der Waals surface area contributed by atoms with Gasteiger partial charge in [0.25, 0.3) is 0 Å². The number of carbonyl (C=O) groups is 2. The molecule has 2 amide bonds. The molecule has 4 heteroatoms. The molecule has 0 aromatic heterocycles. The van der Waals surface area contributed by atoms with Crippen LogP contribution in [0.25, 0.3) is 0 Å². The van der Waals surface area contributed by atoms with Gasteiger partial charge in [-0.2, -0.15) is 0 Å². The Bertz CT molecular complexity index is 466. The molecule has 0 spiro atoms. The molecule has 1 rings (SSSR count). The van der Waals surface area contributed by atoms with E-state index in [4.69, 9.17) is 0 Å². The minimum atomic E-state index is -0.0379. The summed E-state index contributed by atoms with van der Waals surface area (Å²) in [6, 6.07) is 7.55. The summed E-state index contributed by atoms with van der Waals surface area (Å²) >= 11 is 0. The molecule has 0 heterocycles. The van der Waals surface area contributed by atoms with Gasteiger partial charge in [-0.3, -0.25) is 9.59 Å². The molecule has 116 valence electrons. The van der Waals surface area contributed by atoms with E-state index in [1.54, 1.807) is 0 Å². The number of hydrogen-bond acceptors (Lipinski definition) is 2. The highest BCUT2D eigenvalue weighted by molar-refractivity contribution is 5.92. The first-order valence-electron chi connectivity index (χ1n) is 7.61. The average Bonchev–Trinajstić information content (AvgIpc) is 2.46. The van der Waals surface area contributed by atoms with Crippen molar-refractivity contribution in [3.63, 3.8) is 0 Å². The van der Waals surface area contributed by atoms with Crippen molar-refractivity contribution in [2.75, 3.05) is 5.32 Å². The Morgan fingerprint density at radius 3 is 2.19 bits per heavy atom. The van der Waals surface area contributed by atoms with E-state index in [0.29, 0.717) is 6.54 Å². The lowest BCUT2D eigenvalue weighted by Gasteiger charge is -2.12. The molecule has 0 saturated heterocycles. The van der Waals surface area contributed by atoms with Crippen molar-refractivity contribution in [1.82, 2.24) is 5.32 Å². The zero-order chi connectivity index (χ0) is 15.8. The average molecular weight is 290 g/mol. The maximum Gasteiger partial charge on any atom is 0.226 e. The van der Waals surface area contributed by atoms with Crippen LogP contribution in [0, 0.1) is 11.8 Å². The second-order valence-corrected chi connectivity index (χ2v) is 5.75. The van der Waals surface area contributed by atoms with Crippen LogP contribution in [-0.2, 0) is 16.1 Å². The maximum atomic E-state index is 11.8. The van der Waals surface area contributed by atoms with Gasteiger partial charge >= 0.3 is 0 Å². The molecule has 4 nitrogen and oxygen atoms in total. The van der Waals surface area contributed by atoms with Crippen molar-refractivity contribution in [2.24, 2.45) is 11.8 Å². The molecule has 1 unspecified atom stereocenters.